The van der Waals surface area contributed by atoms with Gasteiger partial charge in [-0.25, -0.2) is 14.5 Å². The largest absolute Gasteiger partial charge is 0.480 e. The molecular weight excluding hydrogens is 436 g/mol. The van der Waals surface area contributed by atoms with Crippen LogP contribution in [-0.2, 0) is 26.3 Å². The van der Waals surface area contributed by atoms with Crippen LogP contribution in [0.1, 0.15) is 52.3 Å². The molecule has 4 rings (SSSR count). The van der Waals surface area contributed by atoms with E-state index in [2.05, 4.69) is 10.3 Å². The van der Waals surface area contributed by atoms with E-state index >= 15 is 0 Å². The van der Waals surface area contributed by atoms with Gasteiger partial charge in [-0.1, -0.05) is 45.9 Å². The second-order valence-corrected chi connectivity index (χ2v) is 10.2. The van der Waals surface area contributed by atoms with Gasteiger partial charge in [-0.05, 0) is 43.2 Å². The molecule has 9 heteroatoms. The first-order chi connectivity index (χ1) is 16.0. The van der Waals surface area contributed by atoms with Gasteiger partial charge in [-0.15, -0.1) is 0 Å². The Labute approximate surface area is 198 Å². The SMILES string of the molecule is CC(C)CC(C(=O)NC(C(=O)O)C(C)C)N1C(=O)N2CCc3c([nH]c4ccccc34)C2(C)C1=O. The Bertz CT molecular complexity index is 1170. The van der Waals surface area contributed by atoms with Crippen LogP contribution in [0.2, 0.25) is 0 Å². The van der Waals surface area contributed by atoms with E-state index in [9.17, 15) is 24.3 Å². The van der Waals surface area contributed by atoms with Crippen LogP contribution in [0.25, 0.3) is 10.9 Å². The van der Waals surface area contributed by atoms with Crippen molar-refractivity contribution in [1.29, 1.82) is 0 Å². The van der Waals surface area contributed by atoms with Crippen LogP contribution < -0.4 is 5.32 Å². The minimum atomic E-state index is -1.26. The average molecular weight is 469 g/mol. The summed E-state index contributed by atoms with van der Waals surface area (Å²) in [7, 11) is 0. The van der Waals surface area contributed by atoms with Gasteiger partial charge in [0.05, 0.1) is 5.69 Å². The molecule has 3 heterocycles. The van der Waals surface area contributed by atoms with Gasteiger partial charge in [0.15, 0.2) is 5.54 Å². The van der Waals surface area contributed by atoms with E-state index in [0.29, 0.717) is 18.7 Å². The molecule has 34 heavy (non-hydrogen) atoms. The number of carbonyl (C=O) groups excluding carboxylic acids is 3. The summed E-state index contributed by atoms with van der Waals surface area (Å²) < 4.78 is 0. The van der Waals surface area contributed by atoms with E-state index in [1.165, 1.54) is 4.90 Å². The Hall–Kier alpha value is -3.36. The monoisotopic (exact) mass is 468 g/mol. The number of fused-ring (bicyclic) bond motifs is 5. The van der Waals surface area contributed by atoms with E-state index in [1.807, 2.05) is 38.1 Å². The van der Waals surface area contributed by atoms with Crippen molar-refractivity contribution in [3.63, 3.8) is 0 Å². The van der Waals surface area contributed by atoms with Crippen LogP contribution >= 0.6 is 0 Å². The van der Waals surface area contributed by atoms with Crippen molar-refractivity contribution < 1.29 is 24.3 Å². The topological polar surface area (TPSA) is 123 Å². The Morgan fingerprint density at radius 1 is 1.18 bits per heavy atom. The molecule has 2 aromatic rings. The molecule has 0 aliphatic carbocycles. The first kappa shape index (κ1) is 23.8. The van der Waals surface area contributed by atoms with Crippen molar-refractivity contribution in [2.45, 2.75) is 65.1 Å². The number of benzene rings is 1. The van der Waals surface area contributed by atoms with Crippen LogP contribution in [0.5, 0.6) is 0 Å². The maximum absolute atomic E-state index is 13.9. The predicted octanol–water partition coefficient (Wildman–Crippen LogP) is 2.84. The number of aromatic amines is 1. The van der Waals surface area contributed by atoms with Crippen molar-refractivity contribution in [2.75, 3.05) is 6.54 Å². The fraction of sp³-hybridized carbons (Fsp3) is 0.520. The molecule has 0 bridgehead atoms. The molecule has 0 radical (unpaired) electrons. The Kier molecular flexibility index (Phi) is 5.91. The molecule has 1 aromatic carbocycles. The molecule has 1 saturated heterocycles. The average Bonchev–Trinajstić information content (AvgIpc) is 3.24. The zero-order valence-electron chi connectivity index (χ0n) is 20.2. The number of aromatic nitrogens is 1. The highest BCUT2D eigenvalue weighted by Gasteiger charge is 2.60. The number of nitrogens with one attached hydrogen (secondary N) is 2. The highest BCUT2D eigenvalue weighted by Crippen LogP contribution is 2.45. The molecule has 3 atom stereocenters. The maximum atomic E-state index is 13.9. The molecule has 182 valence electrons. The third-order valence-corrected chi connectivity index (χ3v) is 7.04. The molecule has 2 aliphatic heterocycles. The van der Waals surface area contributed by atoms with E-state index in [-0.39, 0.29) is 18.3 Å². The van der Waals surface area contributed by atoms with Crippen molar-refractivity contribution >= 4 is 34.7 Å². The van der Waals surface area contributed by atoms with E-state index in [4.69, 9.17) is 0 Å². The number of carboxylic acids is 1. The third kappa shape index (κ3) is 3.54. The number of para-hydroxylation sites is 1. The first-order valence-electron chi connectivity index (χ1n) is 11.8. The van der Waals surface area contributed by atoms with E-state index in [0.717, 1.165) is 21.4 Å². The lowest BCUT2D eigenvalue weighted by Gasteiger charge is -2.36. The molecule has 0 saturated carbocycles. The summed E-state index contributed by atoms with van der Waals surface area (Å²) >= 11 is 0. The summed E-state index contributed by atoms with van der Waals surface area (Å²) in [6, 6.07) is 5.05. The van der Waals surface area contributed by atoms with Gasteiger partial charge in [0.25, 0.3) is 5.91 Å². The number of carboxylic acid groups (broad SMARTS) is 1. The number of rotatable bonds is 7. The van der Waals surface area contributed by atoms with Gasteiger partial charge in [-0.3, -0.25) is 9.59 Å². The van der Waals surface area contributed by atoms with Crippen LogP contribution in [-0.4, -0.2) is 62.3 Å². The number of hydrogen-bond donors (Lipinski definition) is 3. The first-order valence-corrected chi connectivity index (χ1v) is 11.8. The number of urea groups is 1. The van der Waals surface area contributed by atoms with Crippen molar-refractivity contribution in [3.8, 4) is 0 Å². The number of nitrogens with zero attached hydrogens (tertiary/aromatic N) is 2. The third-order valence-electron chi connectivity index (χ3n) is 7.04. The van der Waals surface area contributed by atoms with Gasteiger partial charge < -0.3 is 20.3 Å². The summed E-state index contributed by atoms with van der Waals surface area (Å²) in [6.45, 7) is 9.26. The standard InChI is InChI=1S/C25H32N4O5/c1-13(2)12-18(21(30)27-19(14(3)4)22(31)32)29-23(33)25(5)20-16(10-11-28(25)24(29)34)15-8-6-7-9-17(15)26-20/h6-9,13-14,18-19,26H,10-12H2,1-5H3,(H,27,30)(H,31,32). The number of H-pyrrole nitrogens is 1. The second-order valence-electron chi connectivity index (χ2n) is 10.2. The van der Waals surface area contributed by atoms with Gasteiger partial charge in [0, 0.05) is 17.4 Å². The zero-order valence-corrected chi connectivity index (χ0v) is 20.2. The van der Waals surface area contributed by atoms with Crippen LogP contribution in [0.15, 0.2) is 24.3 Å². The molecule has 1 aromatic heterocycles. The molecule has 3 N–H and O–H groups in total. The second kappa shape index (κ2) is 8.45. The maximum Gasteiger partial charge on any atom is 0.328 e. The fourth-order valence-electron chi connectivity index (χ4n) is 5.23. The Morgan fingerprint density at radius 2 is 1.85 bits per heavy atom. The molecule has 4 amide bonds. The van der Waals surface area contributed by atoms with Gasteiger partial charge >= 0.3 is 12.0 Å². The lowest BCUT2D eigenvalue weighted by atomic mass is 9.86. The number of carbonyl (C=O) groups is 4. The molecule has 2 aliphatic rings. The van der Waals surface area contributed by atoms with Crippen molar-refractivity contribution in [1.82, 2.24) is 20.1 Å². The summed E-state index contributed by atoms with van der Waals surface area (Å²) in [5.74, 6) is -2.62. The van der Waals surface area contributed by atoms with Crippen LogP contribution in [0, 0.1) is 11.8 Å². The summed E-state index contributed by atoms with van der Waals surface area (Å²) in [5, 5.41) is 13.1. The van der Waals surface area contributed by atoms with E-state index in [1.54, 1.807) is 20.8 Å². The van der Waals surface area contributed by atoms with Crippen molar-refractivity contribution in [2.24, 2.45) is 11.8 Å². The molecule has 3 unspecified atom stereocenters. The molecular formula is C25H32N4O5. The van der Waals surface area contributed by atoms with E-state index < -0.39 is 41.4 Å². The quantitative estimate of drug-likeness (QED) is 0.539. The highest BCUT2D eigenvalue weighted by atomic mass is 16.4. The normalized spacial score (nSPS) is 21.7. The minimum Gasteiger partial charge on any atom is -0.480 e. The predicted molar refractivity (Wildman–Crippen MR) is 126 cm³/mol. The van der Waals surface area contributed by atoms with Gasteiger partial charge in [0.1, 0.15) is 12.1 Å². The van der Waals surface area contributed by atoms with Gasteiger partial charge in [0.2, 0.25) is 5.91 Å². The zero-order chi connectivity index (χ0) is 24.9. The molecule has 1 fully saturated rings. The van der Waals surface area contributed by atoms with Crippen molar-refractivity contribution in [3.05, 3.63) is 35.5 Å². The lowest BCUT2D eigenvalue weighted by Crippen LogP contribution is -2.55. The highest BCUT2D eigenvalue weighted by molar-refractivity contribution is 6.11. The minimum absolute atomic E-state index is 0.00671. The molecule has 9 nitrogen and oxygen atoms in total. The van der Waals surface area contributed by atoms with Gasteiger partial charge in [-0.2, -0.15) is 0 Å². The number of hydrogen-bond acceptors (Lipinski definition) is 4. The lowest BCUT2D eigenvalue weighted by molar-refractivity contribution is -0.145. The summed E-state index contributed by atoms with van der Waals surface area (Å²) in [6.07, 6.45) is 0.828. The Morgan fingerprint density at radius 3 is 2.47 bits per heavy atom. The van der Waals surface area contributed by atoms with Crippen LogP contribution in [0.3, 0.4) is 0 Å². The van der Waals surface area contributed by atoms with Crippen LogP contribution in [0.4, 0.5) is 4.79 Å². The number of imide groups is 1. The molecule has 0 spiro atoms. The number of aliphatic carboxylic acids is 1. The summed E-state index contributed by atoms with van der Waals surface area (Å²) in [4.78, 5) is 58.5. The fourth-order valence-corrected chi connectivity index (χ4v) is 5.23. The Balaban J connectivity index is 1.74. The smallest absolute Gasteiger partial charge is 0.328 e. The number of amides is 4. The summed E-state index contributed by atoms with van der Waals surface area (Å²) in [5.41, 5.74) is 1.32.